The number of hydrogen-bond donors (Lipinski definition) is 1. The average molecular weight is 354 g/mol. The Kier molecular flexibility index (Phi) is 3.84. The van der Waals surface area contributed by atoms with Crippen molar-refractivity contribution >= 4 is 44.8 Å². The van der Waals surface area contributed by atoms with Gasteiger partial charge in [0.2, 0.25) is 10.4 Å². The maximum Gasteiger partial charge on any atom is 0.224 e. The van der Waals surface area contributed by atoms with Crippen LogP contribution in [0.25, 0.3) is 21.5 Å². The molecule has 0 bridgehead atoms. The summed E-state index contributed by atoms with van der Waals surface area (Å²) in [6.45, 7) is 2.06. The van der Waals surface area contributed by atoms with Gasteiger partial charge in [0.05, 0.1) is 5.52 Å². The molecule has 0 amide bonds. The maximum absolute atomic E-state index is 6.01. The van der Waals surface area contributed by atoms with Gasteiger partial charge in [0.1, 0.15) is 10.8 Å². The van der Waals surface area contributed by atoms with E-state index in [-0.39, 0.29) is 5.28 Å². The molecule has 4 rings (SSSR count). The normalized spacial score (nSPS) is 10.9. The highest BCUT2D eigenvalue weighted by Gasteiger charge is 2.11. The predicted molar refractivity (Wildman–Crippen MR) is 97.9 cm³/mol. The molecule has 2 heterocycles. The summed E-state index contributed by atoms with van der Waals surface area (Å²) in [5.41, 5.74) is 3.03. The van der Waals surface area contributed by atoms with Crippen LogP contribution in [0.2, 0.25) is 5.28 Å². The van der Waals surface area contributed by atoms with Gasteiger partial charge in [0.25, 0.3) is 0 Å². The van der Waals surface area contributed by atoms with Crippen LogP contribution < -0.4 is 5.32 Å². The molecule has 0 aliphatic carbocycles. The minimum absolute atomic E-state index is 0.194. The van der Waals surface area contributed by atoms with Crippen LogP contribution in [-0.2, 0) is 0 Å². The molecule has 7 heteroatoms. The molecule has 118 valence electrons. The molecule has 0 saturated heterocycles. The topological polar surface area (TPSA) is 63.6 Å². The number of nitrogens with one attached hydrogen (secondary N) is 1. The van der Waals surface area contributed by atoms with Gasteiger partial charge in [-0.1, -0.05) is 53.3 Å². The molecule has 2 aromatic heterocycles. The molecule has 5 nitrogen and oxygen atoms in total. The highest BCUT2D eigenvalue weighted by Crippen LogP contribution is 2.30. The Labute approximate surface area is 147 Å². The number of fused-ring (bicyclic) bond motifs is 1. The van der Waals surface area contributed by atoms with Crippen molar-refractivity contribution in [3.63, 3.8) is 0 Å². The number of anilines is 2. The van der Waals surface area contributed by atoms with Gasteiger partial charge in [-0.15, -0.1) is 10.2 Å². The van der Waals surface area contributed by atoms with Crippen LogP contribution in [0, 0.1) is 6.92 Å². The third-order valence-corrected chi connectivity index (χ3v) is 4.58. The molecule has 0 unspecified atom stereocenters. The van der Waals surface area contributed by atoms with Crippen molar-refractivity contribution in [2.24, 2.45) is 0 Å². The zero-order valence-electron chi connectivity index (χ0n) is 12.7. The van der Waals surface area contributed by atoms with E-state index in [9.17, 15) is 0 Å². The van der Waals surface area contributed by atoms with Gasteiger partial charge in [-0.25, -0.2) is 4.98 Å². The van der Waals surface area contributed by atoms with Crippen molar-refractivity contribution in [1.29, 1.82) is 0 Å². The summed E-state index contributed by atoms with van der Waals surface area (Å²) >= 11 is 7.48. The first-order chi connectivity index (χ1) is 11.7. The van der Waals surface area contributed by atoms with E-state index in [1.54, 1.807) is 0 Å². The Morgan fingerprint density at radius 2 is 1.75 bits per heavy atom. The molecule has 0 spiro atoms. The summed E-state index contributed by atoms with van der Waals surface area (Å²) in [4.78, 5) is 8.49. The van der Waals surface area contributed by atoms with E-state index in [0.717, 1.165) is 21.5 Å². The van der Waals surface area contributed by atoms with Crippen LogP contribution in [0.1, 0.15) is 5.56 Å². The molecule has 4 aromatic rings. The molecule has 2 aromatic carbocycles. The lowest BCUT2D eigenvalue weighted by Crippen LogP contribution is -1.96. The maximum atomic E-state index is 6.01. The third-order valence-electron chi connectivity index (χ3n) is 3.52. The van der Waals surface area contributed by atoms with Crippen LogP contribution in [0.4, 0.5) is 10.9 Å². The molecule has 0 saturated carbocycles. The molecule has 24 heavy (non-hydrogen) atoms. The lowest BCUT2D eigenvalue weighted by atomic mass is 10.2. The summed E-state index contributed by atoms with van der Waals surface area (Å²) in [6, 6.07) is 15.9. The third kappa shape index (κ3) is 2.93. The second-order valence-electron chi connectivity index (χ2n) is 5.26. The SMILES string of the molecule is Cc1ccc(-c2nnc(Nc3nc(Cl)nc4ccccc34)s2)cc1. The number of aryl methyl sites for hydroxylation is 1. The quantitative estimate of drug-likeness (QED) is 0.533. The molecule has 0 atom stereocenters. The molecule has 0 radical (unpaired) electrons. The number of rotatable bonds is 3. The van der Waals surface area contributed by atoms with Crippen LogP contribution in [-0.4, -0.2) is 20.2 Å². The average Bonchev–Trinajstić information content (AvgIpc) is 3.04. The minimum Gasteiger partial charge on any atom is -0.314 e. The first kappa shape index (κ1) is 15.0. The van der Waals surface area contributed by atoms with E-state index in [1.165, 1.54) is 16.9 Å². The van der Waals surface area contributed by atoms with E-state index >= 15 is 0 Å². The first-order valence-electron chi connectivity index (χ1n) is 7.29. The lowest BCUT2D eigenvalue weighted by Gasteiger charge is -2.05. The minimum atomic E-state index is 0.194. The summed E-state index contributed by atoms with van der Waals surface area (Å²) in [6.07, 6.45) is 0. The summed E-state index contributed by atoms with van der Waals surface area (Å²) in [5.74, 6) is 0.622. The van der Waals surface area contributed by atoms with Gasteiger partial charge in [0.15, 0.2) is 0 Å². The highest BCUT2D eigenvalue weighted by molar-refractivity contribution is 7.18. The van der Waals surface area contributed by atoms with Crippen LogP contribution in [0.5, 0.6) is 0 Å². The molecular weight excluding hydrogens is 342 g/mol. The van der Waals surface area contributed by atoms with Crippen LogP contribution >= 0.6 is 22.9 Å². The van der Waals surface area contributed by atoms with E-state index in [1.807, 2.05) is 36.4 Å². The van der Waals surface area contributed by atoms with Crippen molar-refractivity contribution in [3.05, 3.63) is 59.4 Å². The number of nitrogens with zero attached hydrogens (tertiary/aromatic N) is 4. The Morgan fingerprint density at radius 3 is 2.58 bits per heavy atom. The number of hydrogen-bond acceptors (Lipinski definition) is 6. The second kappa shape index (κ2) is 6.14. The molecule has 0 aliphatic rings. The van der Waals surface area contributed by atoms with Gasteiger partial charge in [-0.05, 0) is 30.7 Å². The van der Waals surface area contributed by atoms with Crippen LogP contribution in [0.3, 0.4) is 0 Å². The van der Waals surface area contributed by atoms with Gasteiger partial charge in [0, 0.05) is 10.9 Å². The van der Waals surface area contributed by atoms with Crippen molar-refractivity contribution in [2.75, 3.05) is 5.32 Å². The fraction of sp³-hybridized carbons (Fsp3) is 0.0588. The highest BCUT2D eigenvalue weighted by atomic mass is 35.5. The Morgan fingerprint density at radius 1 is 0.958 bits per heavy atom. The fourth-order valence-electron chi connectivity index (χ4n) is 2.33. The Balaban J connectivity index is 1.68. The van der Waals surface area contributed by atoms with Crippen molar-refractivity contribution in [3.8, 4) is 10.6 Å². The Hall–Kier alpha value is -2.57. The first-order valence-corrected chi connectivity index (χ1v) is 8.48. The zero-order chi connectivity index (χ0) is 16.5. The van der Waals surface area contributed by atoms with E-state index in [4.69, 9.17) is 11.6 Å². The summed E-state index contributed by atoms with van der Waals surface area (Å²) in [7, 11) is 0. The fourth-order valence-corrected chi connectivity index (χ4v) is 3.26. The molecular formula is C17H12ClN5S. The van der Waals surface area contributed by atoms with E-state index in [2.05, 4.69) is 44.5 Å². The summed E-state index contributed by atoms with van der Waals surface area (Å²) < 4.78 is 0. The van der Waals surface area contributed by atoms with Crippen molar-refractivity contribution in [1.82, 2.24) is 20.2 Å². The molecule has 0 aliphatic heterocycles. The lowest BCUT2D eigenvalue weighted by molar-refractivity contribution is 1.09. The number of para-hydroxylation sites is 1. The smallest absolute Gasteiger partial charge is 0.224 e. The van der Waals surface area contributed by atoms with E-state index < -0.39 is 0 Å². The zero-order valence-corrected chi connectivity index (χ0v) is 14.3. The molecule has 0 fully saturated rings. The Bertz CT molecular complexity index is 1010. The number of aromatic nitrogens is 4. The van der Waals surface area contributed by atoms with Crippen molar-refractivity contribution < 1.29 is 0 Å². The summed E-state index contributed by atoms with van der Waals surface area (Å²) in [5, 5.41) is 14.2. The van der Waals surface area contributed by atoms with Crippen molar-refractivity contribution in [2.45, 2.75) is 6.92 Å². The molecule has 1 N–H and O–H groups in total. The standard InChI is InChI=1S/C17H12ClN5S/c1-10-6-8-11(9-7-10)15-22-23-17(24-15)21-14-12-4-2-3-5-13(12)19-16(18)20-14/h2-9H,1H3,(H,19,20,21,23). The predicted octanol–water partition coefficient (Wildman–Crippen LogP) is 4.85. The van der Waals surface area contributed by atoms with Gasteiger partial charge >= 0.3 is 0 Å². The van der Waals surface area contributed by atoms with Gasteiger partial charge < -0.3 is 5.32 Å². The van der Waals surface area contributed by atoms with Gasteiger partial charge in [-0.3, -0.25) is 0 Å². The monoisotopic (exact) mass is 353 g/mol. The largest absolute Gasteiger partial charge is 0.314 e. The van der Waals surface area contributed by atoms with E-state index in [0.29, 0.717) is 10.9 Å². The number of benzene rings is 2. The van der Waals surface area contributed by atoms with Gasteiger partial charge in [-0.2, -0.15) is 4.98 Å². The second-order valence-corrected chi connectivity index (χ2v) is 6.58. The number of halogens is 1. The van der Waals surface area contributed by atoms with Crippen LogP contribution in [0.15, 0.2) is 48.5 Å².